The zero-order chi connectivity index (χ0) is 11.4. The van der Waals surface area contributed by atoms with Gasteiger partial charge in [-0.2, -0.15) is 5.26 Å². The highest BCUT2D eigenvalue weighted by atomic mass is 35.5. The molecule has 0 saturated carbocycles. The summed E-state index contributed by atoms with van der Waals surface area (Å²) in [5, 5.41) is 9.53. The van der Waals surface area contributed by atoms with E-state index in [4.69, 9.17) is 22.6 Å². The normalized spacial score (nSPS) is 11.9. The zero-order valence-corrected chi connectivity index (χ0v) is 9.60. The topological polar surface area (TPSA) is 49.8 Å². The molecule has 3 heteroatoms. The Balaban J connectivity index is 3.24. The molecule has 1 aromatic rings. The van der Waals surface area contributed by atoms with Crippen molar-refractivity contribution < 1.29 is 0 Å². The molecule has 1 rings (SSSR count). The minimum Gasteiger partial charge on any atom is -0.397 e. The summed E-state index contributed by atoms with van der Waals surface area (Å²) < 4.78 is 0. The first-order valence-electron chi connectivity index (χ1n) is 4.75. The molecule has 0 amide bonds. The van der Waals surface area contributed by atoms with Crippen LogP contribution in [-0.2, 0) is 0 Å². The van der Waals surface area contributed by atoms with E-state index in [2.05, 4.69) is 6.07 Å². The maximum Gasteiger partial charge on any atom is 0.0968 e. The third-order valence-corrected chi connectivity index (χ3v) is 2.70. The number of nitrogens with two attached hydrogens (primary N) is 1. The highest BCUT2D eigenvalue weighted by Gasteiger charge is 2.05. The second-order valence-corrected chi connectivity index (χ2v) is 3.73. The molecule has 2 nitrogen and oxygen atoms in total. The summed E-state index contributed by atoms with van der Waals surface area (Å²) in [6, 6.07) is 7.66. The summed E-state index contributed by atoms with van der Waals surface area (Å²) in [5.41, 5.74) is 8.80. The van der Waals surface area contributed by atoms with Crippen LogP contribution >= 0.6 is 11.6 Å². The fourth-order valence-electron chi connectivity index (χ4n) is 1.26. The van der Waals surface area contributed by atoms with Gasteiger partial charge in [0.15, 0.2) is 0 Å². The molecule has 2 N–H and O–H groups in total. The Labute approximate surface area is 95.0 Å². The molecule has 0 fully saturated rings. The van der Waals surface area contributed by atoms with Crippen LogP contribution in [0.3, 0.4) is 0 Å². The van der Waals surface area contributed by atoms with Crippen LogP contribution in [0.4, 0.5) is 0 Å². The number of rotatable bonds is 2. The van der Waals surface area contributed by atoms with E-state index >= 15 is 0 Å². The summed E-state index contributed by atoms with van der Waals surface area (Å²) in [6.07, 6.45) is 0.633. The van der Waals surface area contributed by atoms with Crippen molar-refractivity contribution in [3.8, 4) is 6.07 Å². The standard InChI is InChI=1S/C12H13ClN2/c1-3-9(7-14)12(15)10-5-4-8(2)11(13)6-10/h4-6H,3,15H2,1-2H3/b12-9-. The van der Waals surface area contributed by atoms with E-state index in [9.17, 15) is 0 Å². The van der Waals surface area contributed by atoms with Crippen molar-refractivity contribution in [1.82, 2.24) is 0 Å². The summed E-state index contributed by atoms with van der Waals surface area (Å²) in [4.78, 5) is 0. The van der Waals surface area contributed by atoms with E-state index in [1.165, 1.54) is 0 Å². The molecule has 1 aromatic carbocycles. The Kier molecular flexibility index (Phi) is 3.76. The van der Waals surface area contributed by atoms with Crippen molar-refractivity contribution in [2.45, 2.75) is 20.3 Å². The average molecular weight is 221 g/mol. The van der Waals surface area contributed by atoms with Crippen molar-refractivity contribution >= 4 is 17.3 Å². The van der Waals surface area contributed by atoms with Crippen LogP contribution < -0.4 is 5.73 Å². The number of hydrogen-bond acceptors (Lipinski definition) is 2. The first-order chi connectivity index (χ1) is 7.10. The monoisotopic (exact) mass is 220 g/mol. The molecule has 0 heterocycles. The third kappa shape index (κ3) is 2.51. The Morgan fingerprint density at radius 2 is 2.20 bits per heavy atom. The molecule has 0 aliphatic rings. The highest BCUT2D eigenvalue weighted by molar-refractivity contribution is 6.31. The van der Waals surface area contributed by atoms with Crippen LogP contribution in [0.2, 0.25) is 5.02 Å². The van der Waals surface area contributed by atoms with Crippen LogP contribution in [0.1, 0.15) is 24.5 Å². The van der Waals surface area contributed by atoms with Gasteiger partial charge in [-0.15, -0.1) is 0 Å². The zero-order valence-electron chi connectivity index (χ0n) is 8.84. The van der Waals surface area contributed by atoms with Crippen LogP contribution in [0.25, 0.3) is 5.70 Å². The maximum atomic E-state index is 8.86. The van der Waals surface area contributed by atoms with Gasteiger partial charge in [0.05, 0.1) is 17.3 Å². The van der Waals surface area contributed by atoms with Gasteiger partial charge < -0.3 is 5.73 Å². The van der Waals surface area contributed by atoms with Gasteiger partial charge in [0.1, 0.15) is 0 Å². The van der Waals surface area contributed by atoms with Gasteiger partial charge in [-0.25, -0.2) is 0 Å². The van der Waals surface area contributed by atoms with Gasteiger partial charge in [-0.05, 0) is 30.5 Å². The van der Waals surface area contributed by atoms with Crippen LogP contribution in [0, 0.1) is 18.3 Å². The molecular weight excluding hydrogens is 208 g/mol. The number of allylic oxidation sites excluding steroid dienone is 1. The average Bonchev–Trinajstić information content (AvgIpc) is 2.23. The van der Waals surface area contributed by atoms with E-state index in [1.54, 1.807) is 6.07 Å². The first kappa shape index (κ1) is 11.6. The molecular formula is C12H13ClN2. The lowest BCUT2D eigenvalue weighted by Crippen LogP contribution is -2.00. The van der Waals surface area contributed by atoms with E-state index in [-0.39, 0.29) is 0 Å². The lowest BCUT2D eigenvalue weighted by atomic mass is 10.0. The Hall–Kier alpha value is -1.46. The fraction of sp³-hybridized carbons (Fsp3) is 0.250. The van der Waals surface area contributed by atoms with Crippen molar-refractivity contribution in [2.24, 2.45) is 5.73 Å². The lowest BCUT2D eigenvalue weighted by Gasteiger charge is -2.06. The van der Waals surface area contributed by atoms with Gasteiger partial charge >= 0.3 is 0 Å². The van der Waals surface area contributed by atoms with E-state index in [0.29, 0.717) is 22.7 Å². The van der Waals surface area contributed by atoms with Crippen LogP contribution in [0.15, 0.2) is 23.8 Å². The minimum absolute atomic E-state index is 0.516. The number of hydrogen-bond donors (Lipinski definition) is 1. The minimum atomic E-state index is 0.516. The number of nitriles is 1. The van der Waals surface area contributed by atoms with Gasteiger partial charge in [0.25, 0.3) is 0 Å². The second-order valence-electron chi connectivity index (χ2n) is 3.32. The van der Waals surface area contributed by atoms with Crippen molar-refractivity contribution in [1.29, 1.82) is 5.26 Å². The molecule has 0 unspecified atom stereocenters. The largest absolute Gasteiger partial charge is 0.397 e. The van der Waals surface area contributed by atoms with Gasteiger partial charge in [0, 0.05) is 5.02 Å². The number of nitrogens with zero attached hydrogens (tertiary/aromatic N) is 1. The Bertz CT molecular complexity index is 441. The molecule has 0 radical (unpaired) electrons. The fourth-order valence-corrected chi connectivity index (χ4v) is 1.44. The summed E-state index contributed by atoms with van der Waals surface area (Å²) in [5.74, 6) is 0. The molecule has 0 bridgehead atoms. The van der Waals surface area contributed by atoms with Gasteiger partial charge in [-0.3, -0.25) is 0 Å². The van der Waals surface area contributed by atoms with Crippen molar-refractivity contribution in [3.63, 3.8) is 0 Å². The predicted molar refractivity (Wildman–Crippen MR) is 63.2 cm³/mol. The molecule has 15 heavy (non-hydrogen) atoms. The summed E-state index contributed by atoms with van der Waals surface area (Å²) in [6.45, 7) is 3.83. The summed E-state index contributed by atoms with van der Waals surface area (Å²) in [7, 11) is 0. The second kappa shape index (κ2) is 4.86. The smallest absolute Gasteiger partial charge is 0.0968 e. The quantitative estimate of drug-likeness (QED) is 0.778. The summed E-state index contributed by atoms with van der Waals surface area (Å²) >= 11 is 5.99. The Morgan fingerprint density at radius 3 is 2.67 bits per heavy atom. The van der Waals surface area contributed by atoms with Crippen molar-refractivity contribution in [3.05, 3.63) is 39.9 Å². The highest BCUT2D eigenvalue weighted by Crippen LogP contribution is 2.22. The molecule has 0 aromatic heterocycles. The van der Waals surface area contributed by atoms with Gasteiger partial charge in [0.2, 0.25) is 0 Å². The van der Waals surface area contributed by atoms with E-state index < -0.39 is 0 Å². The maximum absolute atomic E-state index is 8.86. The number of benzene rings is 1. The van der Waals surface area contributed by atoms with Crippen molar-refractivity contribution in [2.75, 3.05) is 0 Å². The van der Waals surface area contributed by atoms with Gasteiger partial charge in [-0.1, -0.05) is 30.7 Å². The number of aryl methyl sites for hydroxylation is 1. The molecule has 0 aliphatic heterocycles. The SMILES string of the molecule is CC/C(C#N)=C(/N)c1ccc(C)c(Cl)c1. The first-order valence-corrected chi connectivity index (χ1v) is 5.13. The molecule has 78 valence electrons. The third-order valence-electron chi connectivity index (χ3n) is 2.30. The van der Waals surface area contributed by atoms with Crippen LogP contribution in [-0.4, -0.2) is 0 Å². The Morgan fingerprint density at radius 1 is 1.53 bits per heavy atom. The predicted octanol–water partition coefficient (Wildman–Crippen LogP) is 3.25. The lowest BCUT2D eigenvalue weighted by molar-refractivity contribution is 1.14. The molecule has 0 atom stereocenters. The van der Waals surface area contributed by atoms with E-state index in [1.807, 2.05) is 26.0 Å². The molecule has 0 spiro atoms. The molecule has 0 saturated heterocycles. The van der Waals surface area contributed by atoms with Crippen LogP contribution in [0.5, 0.6) is 0 Å². The molecule has 0 aliphatic carbocycles. The number of halogens is 1. The van der Waals surface area contributed by atoms with E-state index in [0.717, 1.165) is 11.1 Å².